The fourth-order valence-corrected chi connectivity index (χ4v) is 3.80. The zero-order valence-electron chi connectivity index (χ0n) is 14.5. The SMILES string of the molecule is O=C(CCn1ccc2cccnc21)N[C@@H]1CC(Cn2cccn2)C[C@H]1O. The molecule has 0 spiro atoms. The van der Waals surface area contributed by atoms with Crippen molar-refractivity contribution in [2.24, 2.45) is 5.92 Å². The standard InChI is InChI=1S/C19H23N5O2/c25-17-12-14(13-24-8-2-7-21-24)11-16(17)22-18(26)5-10-23-9-4-15-3-1-6-20-19(15)23/h1-4,6-9,14,16-17,25H,5,10-13H2,(H,22,26)/t14?,16-,17-/m1/s1. The summed E-state index contributed by atoms with van der Waals surface area (Å²) in [6.07, 6.45) is 8.74. The Kier molecular flexibility index (Phi) is 4.71. The van der Waals surface area contributed by atoms with E-state index in [2.05, 4.69) is 15.4 Å². The van der Waals surface area contributed by atoms with Crippen LogP contribution in [0.5, 0.6) is 0 Å². The quantitative estimate of drug-likeness (QED) is 0.705. The van der Waals surface area contributed by atoms with Gasteiger partial charge in [-0.05, 0) is 43.0 Å². The molecule has 0 saturated heterocycles. The van der Waals surface area contributed by atoms with E-state index in [4.69, 9.17) is 0 Å². The van der Waals surface area contributed by atoms with Gasteiger partial charge in [-0.3, -0.25) is 9.48 Å². The Labute approximate surface area is 151 Å². The number of aliphatic hydroxyl groups excluding tert-OH is 1. The van der Waals surface area contributed by atoms with Gasteiger partial charge < -0.3 is 15.0 Å². The number of aliphatic hydroxyl groups is 1. The Morgan fingerprint density at radius 3 is 3.00 bits per heavy atom. The molecule has 1 unspecified atom stereocenters. The maximum Gasteiger partial charge on any atom is 0.222 e. The number of pyridine rings is 1. The molecule has 0 radical (unpaired) electrons. The third-order valence-corrected chi connectivity index (χ3v) is 5.08. The summed E-state index contributed by atoms with van der Waals surface area (Å²) >= 11 is 0. The molecule has 136 valence electrons. The van der Waals surface area contributed by atoms with Crippen molar-refractivity contribution in [1.82, 2.24) is 24.6 Å². The summed E-state index contributed by atoms with van der Waals surface area (Å²) in [5.41, 5.74) is 0.889. The zero-order valence-corrected chi connectivity index (χ0v) is 14.5. The van der Waals surface area contributed by atoms with Crippen molar-refractivity contribution in [1.29, 1.82) is 0 Å². The van der Waals surface area contributed by atoms with Gasteiger partial charge in [0.25, 0.3) is 0 Å². The minimum Gasteiger partial charge on any atom is -0.391 e. The van der Waals surface area contributed by atoms with Gasteiger partial charge in [-0.2, -0.15) is 5.10 Å². The van der Waals surface area contributed by atoms with Crippen LogP contribution in [0.15, 0.2) is 49.1 Å². The van der Waals surface area contributed by atoms with Crippen molar-refractivity contribution < 1.29 is 9.90 Å². The molecule has 1 aliphatic carbocycles. The van der Waals surface area contributed by atoms with E-state index >= 15 is 0 Å². The first-order valence-corrected chi connectivity index (χ1v) is 9.04. The highest BCUT2D eigenvalue weighted by Gasteiger charge is 2.34. The lowest BCUT2D eigenvalue weighted by atomic mass is 10.1. The van der Waals surface area contributed by atoms with E-state index in [1.807, 2.05) is 45.9 Å². The van der Waals surface area contributed by atoms with E-state index in [0.717, 1.165) is 24.0 Å². The number of rotatable bonds is 6. The third kappa shape index (κ3) is 3.62. The number of amides is 1. The molecule has 7 heteroatoms. The molecule has 1 fully saturated rings. The molecule has 3 aromatic rings. The summed E-state index contributed by atoms with van der Waals surface area (Å²) in [6, 6.07) is 7.63. The fraction of sp³-hybridized carbons (Fsp3) is 0.421. The molecule has 3 aromatic heterocycles. The van der Waals surface area contributed by atoms with Crippen LogP contribution in [0.3, 0.4) is 0 Å². The summed E-state index contributed by atoms with van der Waals surface area (Å²) in [4.78, 5) is 16.7. The van der Waals surface area contributed by atoms with Crippen LogP contribution in [0.2, 0.25) is 0 Å². The number of nitrogens with zero attached hydrogens (tertiary/aromatic N) is 4. The number of aryl methyl sites for hydroxylation is 1. The number of aromatic nitrogens is 4. The largest absolute Gasteiger partial charge is 0.391 e. The van der Waals surface area contributed by atoms with Gasteiger partial charge in [0, 0.05) is 49.7 Å². The van der Waals surface area contributed by atoms with Gasteiger partial charge in [-0.1, -0.05) is 0 Å². The van der Waals surface area contributed by atoms with E-state index < -0.39 is 6.10 Å². The van der Waals surface area contributed by atoms with Crippen LogP contribution in [0.25, 0.3) is 11.0 Å². The highest BCUT2D eigenvalue weighted by molar-refractivity contribution is 5.78. The first kappa shape index (κ1) is 16.8. The number of fused-ring (bicyclic) bond motifs is 1. The summed E-state index contributed by atoms with van der Waals surface area (Å²) in [7, 11) is 0. The van der Waals surface area contributed by atoms with Crippen molar-refractivity contribution in [2.45, 2.75) is 44.5 Å². The maximum absolute atomic E-state index is 12.3. The van der Waals surface area contributed by atoms with Gasteiger partial charge in [-0.15, -0.1) is 0 Å². The first-order chi connectivity index (χ1) is 12.7. The van der Waals surface area contributed by atoms with Crippen LogP contribution < -0.4 is 5.32 Å². The van der Waals surface area contributed by atoms with E-state index in [9.17, 15) is 9.90 Å². The molecule has 2 N–H and O–H groups in total. The second kappa shape index (κ2) is 7.29. The summed E-state index contributed by atoms with van der Waals surface area (Å²) in [6.45, 7) is 1.35. The minimum atomic E-state index is -0.492. The monoisotopic (exact) mass is 353 g/mol. The second-order valence-electron chi connectivity index (χ2n) is 6.98. The zero-order chi connectivity index (χ0) is 17.9. The van der Waals surface area contributed by atoms with Crippen molar-refractivity contribution in [3.8, 4) is 0 Å². The second-order valence-corrected chi connectivity index (χ2v) is 6.98. The van der Waals surface area contributed by atoms with Crippen LogP contribution in [0, 0.1) is 5.92 Å². The van der Waals surface area contributed by atoms with Crippen LogP contribution in [0.4, 0.5) is 0 Å². The Bertz CT molecular complexity index is 873. The normalized spacial score (nSPS) is 22.7. The Morgan fingerprint density at radius 2 is 2.15 bits per heavy atom. The maximum atomic E-state index is 12.3. The fourth-order valence-electron chi connectivity index (χ4n) is 3.80. The molecule has 4 rings (SSSR count). The third-order valence-electron chi connectivity index (χ3n) is 5.08. The lowest BCUT2D eigenvalue weighted by molar-refractivity contribution is -0.122. The Hall–Kier alpha value is -2.67. The Morgan fingerprint density at radius 1 is 1.23 bits per heavy atom. The van der Waals surface area contributed by atoms with E-state index in [1.165, 1.54) is 0 Å². The average Bonchev–Trinajstić information content (AvgIpc) is 3.35. The van der Waals surface area contributed by atoms with Crippen molar-refractivity contribution in [3.63, 3.8) is 0 Å². The molecule has 7 nitrogen and oxygen atoms in total. The number of carbonyl (C=O) groups excluding carboxylic acids is 1. The summed E-state index contributed by atoms with van der Waals surface area (Å²) in [5.74, 6) is 0.291. The van der Waals surface area contributed by atoms with Crippen molar-refractivity contribution in [2.75, 3.05) is 0 Å². The van der Waals surface area contributed by atoms with Gasteiger partial charge in [0.1, 0.15) is 5.65 Å². The predicted molar refractivity (Wildman–Crippen MR) is 97.2 cm³/mol. The smallest absolute Gasteiger partial charge is 0.222 e. The van der Waals surface area contributed by atoms with Crippen LogP contribution in [-0.2, 0) is 17.9 Å². The van der Waals surface area contributed by atoms with Gasteiger partial charge in [-0.25, -0.2) is 4.98 Å². The number of carbonyl (C=O) groups is 1. The van der Waals surface area contributed by atoms with E-state index in [0.29, 0.717) is 25.3 Å². The summed E-state index contributed by atoms with van der Waals surface area (Å²) < 4.78 is 3.87. The van der Waals surface area contributed by atoms with Crippen LogP contribution >= 0.6 is 0 Å². The van der Waals surface area contributed by atoms with Gasteiger partial charge in [0.15, 0.2) is 0 Å². The molecule has 26 heavy (non-hydrogen) atoms. The van der Waals surface area contributed by atoms with Crippen molar-refractivity contribution >= 4 is 16.9 Å². The molecule has 0 aromatic carbocycles. The van der Waals surface area contributed by atoms with Crippen molar-refractivity contribution in [3.05, 3.63) is 49.1 Å². The molecular weight excluding hydrogens is 330 g/mol. The topological polar surface area (TPSA) is 85.0 Å². The molecular formula is C19H23N5O2. The van der Waals surface area contributed by atoms with Gasteiger partial charge in [0.2, 0.25) is 5.91 Å². The lowest BCUT2D eigenvalue weighted by Gasteiger charge is -2.16. The minimum absolute atomic E-state index is 0.0356. The molecule has 0 bridgehead atoms. The van der Waals surface area contributed by atoms with Crippen LogP contribution in [-0.4, -0.2) is 42.5 Å². The first-order valence-electron chi connectivity index (χ1n) is 9.04. The molecule has 1 saturated carbocycles. The Balaban J connectivity index is 1.29. The molecule has 3 atom stereocenters. The van der Waals surface area contributed by atoms with E-state index in [-0.39, 0.29) is 11.9 Å². The highest BCUT2D eigenvalue weighted by atomic mass is 16.3. The predicted octanol–water partition coefficient (Wildman–Crippen LogP) is 1.58. The number of hydrogen-bond donors (Lipinski definition) is 2. The number of hydrogen-bond acceptors (Lipinski definition) is 4. The number of nitrogens with one attached hydrogen (secondary N) is 1. The summed E-state index contributed by atoms with van der Waals surface area (Å²) in [5, 5.41) is 18.5. The van der Waals surface area contributed by atoms with Crippen LogP contribution in [0.1, 0.15) is 19.3 Å². The van der Waals surface area contributed by atoms with Gasteiger partial charge in [0.05, 0.1) is 12.1 Å². The van der Waals surface area contributed by atoms with Gasteiger partial charge >= 0.3 is 0 Å². The molecule has 3 heterocycles. The average molecular weight is 353 g/mol. The molecule has 1 amide bonds. The molecule has 0 aliphatic heterocycles. The lowest BCUT2D eigenvalue weighted by Crippen LogP contribution is -2.40. The van der Waals surface area contributed by atoms with E-state index in [1.54, 1.807) is 12.4 Å². The molecule has 1 aliphatic rings. The highest BCUT2D eigenvalue weighted by Crippen LogP contribution is 2.27.